The van der Waals surface area contributed by atoms with E-state index in [1.807, 2.05) is 0 Å². The summed E-state index contributed by atoms with van der Waals surface area (Å²) >= 11 is 0.958. The fourth-order valence-electron chi connectivity index (χ4n) is 0. The summed E-state index contributed by atoms with van der Waals surface area (Å²) in [5.41, 5.74) is 0. The molecule has 0 atom stereocenters. The second-order valence-electron chi connectivity index (χ2n) is 0.250. The second kappa shape index (κ2) is 15.7. The van der Waals surface area contributed by atoms with Crippen LogP contribution in [0.25, 0.3) is 0 Å². The molecule has 0 saturated carbocycles. The van der Waals surface area contributed by atoms with Crippen molar-refractivity contribution in [2.75, 3.05) is 0 Å². The largest absolute Gasteiger partial charge is 2.00 e. The van der Waals surface area contributed by atoms with E-state index in [0.717, 1.165) is 33.3 Å². The molecule has 0 aromatic rings. The van der Waals surface area contributed by atoms with E-state index in [2.05, 4.69) is 6.61 Å². The van der Waals surface area contributed by atoms with Crippen LogP contribution in [-0.4, -0.2) is 39.5 Å². The van der Waals surface area contributed by atoms with Crippen molar-refractivity contribution < 1.29 is 34.5 Å². The Labute approximate surface area is 79.4 Å². The molecule has 3 nitrogen and oxygen atoms in total. The molecule has 0 amide bonds. The van der Waals surface area contributed by atoms with Crippen LogP contribution < -0.4 is 10.2 Å². The first-order chi connectivity index (χ1) is 2.73. The molecule has 0 N–H and O–H groups in total. The van der Waals surface area contributed by atoms with Gasteiger partial charge in [-0.15, -0.1) is 0 Å². The first-order valence-electron chi connectivity index (χ1n) is 0.901. The first-order valence-corrected chi connectivity index (χ1v) is 4.18. The van der Waals surface area contributed by atoms with Crippen molar-refractivity contribution in [1.29, 1.82) is 0 Å². The number of hydrogen-bond acceptors (Lipinski definition) is 4. The summed E-state index contributed by atoms with van der Waals surface area (Å²) < 4.78 is 0. The minimum absolute atomic E-state index is 0. The zero-order valence-electron chi connectivity index (χ0n) is 3.55. The Bertz CT molecular complexity index is 46.2. The van der Waals surface area contributed by atoms with E-state index >= 15 is 0 Å². The van der Waals surface area contributed by atoms with E-state index in [0.29, 0.717) is 0 Å². The second-order valence-corrected chi connectivity index (χ2v) is 0.250. The minimum atomic E-state index is -2.33. The summed E-state index contributed by atoms with van der Waals surface area (Å²) in [6.45, 7) is 4.21. The molecule has 0 saturated heterocycles. The number of rotatable bonds is 0. The van der Waals surface area contributed by atoms with Crippen molar-refractivity contribution in [3.63, 3.8) is 0 Å². The van der Waals surface area contributed by atoms with Gasteiger partial charge in [0.2, 0.25) is 0 Å². The van der Waals surface area contributed by atoms with Gasteiger partial charge in [0.1, 0.15) is 0 Å². The van der Waals surface area contributed by atoms with Gasteiger partial charge < -0.3 is 15.0 Å². The van der Waals surface area contributed by atoms with Crippen LogP contribution >= 0.6 is 6.61 Å². The Morgan fingerprint density at radius 3 is 1.43 bits per heavy atom. The molecule has 7 heavy (non-hydrogen) atoms. The SMILES string of the molecule is O=C([O-])[O-].[S]=[Ca].[Zn+2]. The molecule has 0 radical (unpaired) electrons. The maximum absolute atomic E-state index is 8.33. The predicted molar refractivity (Wildman–Crippen MR) is 18.7 cm³/mol. The Balaban J connectivity index is -0.0000000480. The predicted octanol–water partition coefficient (Wildman–Crippen LogP) is -2.18. The molecular formula is CCaO3SZn. The van der Waals surface area contributed by atoms with Crippen molar-refractivity contribution in [1.82, 2.24) is 0 Å². The molecular weight excluding hydrogens is 198 g/mol. The van der Waals surface area contributed by atoms with Gasteiger partial charge in [-0.05, 0) is 6.16 Å². The molecule has 0 rings (SSSR count). The Kier molecular flexibility index (Phi) is 35.3. The van der Waals surface area contributed by atoms with Crippen molar-refractivity contribution in [2.24, 2.45) is 0 Å². The quantitative estimate of drug-likeness (QED) is 0.414. The molecule has 0 aliphatic rings. The molecule has 32 valence electrons. The molecule has 0 aromatic carbocycles. The Hall–Kier alpha value is 1.37. The number of carbonyl (C=O) groups excluding carboxylic acids is 1. The van der Waals surface area contributed by atoms with Crippen molar-refractivity contribution >= 4 is 46.1 Å². The van der Waals surface area contributed by atoms with Crippen LogP contribution in [-0.2, 0) is 19.5 Å². The third-order valence-corrected chi connectivity index (χ3v) is 0. The molecule has 0 fully saturated rings. The zero-order chi connectivity index (χ0) is 5.58. The summed E-state index contributed by atoms with van der Waals surface area (Å²) in [7, 11) is 0. The topological polar surface area (TPSA) is 63.2 Å². The van der Waals surface area contributed by atoms with E-state index in [1.54, 1.807) is 0 Å². The van der Waals surface area contributed by atoms with E-state index < -0.39 is 6.16 Å². The van der Waals surface area contributed by atoms with Crippen molar-refractivity contribution in [3.8, 4) is 0 Å². The van der Waals surface area contributed by atoms with Crippen LogP contribution in [0.1, 0.15) is 0 Å². The summed E-state index contributed by atoms with van der Waals surface area (Å²) in [5.74, 6) is 0. The fourth-order valence-corrected chi connectivity index (χ4v) is 0. The molecule has 0 aliphatic carbocycles. The average Bonchev–Trinajstić information content (AvgIpc) is 1.41. The van der Waals surface area contributed by atoms with Gasteiger partial charge in [-0.25, -0.2) is 0 Å². The van der Waals surface area contributed by atoms with Gasteiger partial charge in [-0.3, -0.25) is 0 Å². The van der Waals surface area contributed by atoms with Crippen LogP contribution in [0, 0.1) is 0 Å². The third kappa shape index (κ3) is 113. The first kappa shape index (κ1) is 15.8. The number of hydrogen-bond donors (Lipinski definition) is 0. The molecule has 0 bridgehead atoms. The molecule has 0 aromatic heterocycles. The van der Waals surface area contributed by atoms with Crippen LogP contribution in [0.5, 0.6) is 0 Å². The molecule has 0 heterocycles. The molecule has 0 spiro atoms. The van der Waals surface area contributed by atoms with Gasteiger partial charge in [0.15, 0.2) is 0 Å². The maximum atomic E-state index is 8.33. The molecule has 0 aliphatic heterocycles. The number of carbonyl (C=O) groups is 1. The van der Waals surface area contributed by atoms with E-state index in [1.165, 1.54) is 0 Å². The molecule has 0 unspecified atom stereocenters. The van der Waals surface area contributed by atoms with Gasteiger partial charge in [-0.1, -0.05) is 0 Å². The van der Waals surface area contributed by atoms with Gasteiger partial charge in [-0.2, -0.15) is 0 Å². The summed E-state index contributed by atoms with van der Waals surface area (Å²) in [6, 6.07) is 0. The molecule has 6 heteroatoms. The van der Waals surface area contributed by atoms with E-state index in [-0.39, 0.29) is 19.5 Å². The van der Waals surface area contributed by atoms with Gasteiger partial charge >= 0.3 is 59.4 Å². The zero-order valence-corrected chi connectivity index (χ0v) is 9.54. The van der Waals surface area contributed by atoms with E-state index in [4.69, 9.17) is 15.0 Å². The maximum Gasteiger partial charge on any atom is 2.00 e. The fraction of sp³-hybridized carbons (Fsp3) is 0. The third-order valence-electron chi connectivity index (χ3n) is 0. The van der Waals surface area contributed by atoms with Crippen LogP contribution in [0.3, 0.4) is 0 Å². The van der Waals surface area contributed by atoms with Crippen LogP contribution in [0.4, 0.5) is 4.79 Å². The average molecular weight is 198 g/mol. The van der Waals surface area contributed by atoms with Crippen molar-refractivity contribution in [2.45, 2.75) is 0 Å². The minimum Gasteiger partial charge on any atom is 2.00 e. The Morgan fingerprint density at radius 1 is 1.43 bits per heavy atom. The summed E-state index contributed by atoms with van der Waals surface area (Å²) in [5, 5.41) is 16.7. The number of carboxylic acid groups (broad SMARTS) is 2. The summed E-state index contributed by atoms with van der Waals surface area (Å²) in [4.78, 5) is 8.33. The Morgan fingerprint density at radius 2 is 1.43 bits per heavy atom. The van der Waals surface area contributed by atoms with Gasteiger partial charge in [0.05, 0.1) is 0 Å². The van der Waals surface area contributed by atoms with Crippen LogP contribution in [0.2, 0.25) is 0 Å². The smallest absolute Gasteiger partial charge is 2.00 e. The monoisotopic (exact) mass is 196 g/mol. The van der Waals surface area contributed by atoms with Crippen molar-refractivity contribution in [3.05, 3.63) is 0 Å². The van der Waals surface area contributed by atoms with Crippen LogP contribution in [0.15, 0.2) is 0 Å². The normalized spacial score (nSPS) is 4.29. The van der Waals surface area contributed by atoms with Gasteiger partial charge in [0.25, 0.3) is 0 Å². The van der Waals surface area contributed by atoms with E-state index in [9.17, 15) is 0 Å². The standard InChI is InChI=1S/CH2O3.Ca.S.Zn/c2-1(3)4;;;/h(H2,2,3,4);;;/q;;;+2/p-2. The van der Waals surface area contributed by atoms with Gasteiger partial charge in [0, 0.05) is 0 Å². The summed E-state index contributed by atoms with van der Waals surface area (Å²) in [6.07, 6.45) is -2.33.